The standard InChI is InChI=1S/C11H9BrN4O3/c1-6-4-7(12)2-3-9(6)19-10-8(16(17)18)5-14-11(13)15-10/h2-5H,1H3,(H2,13,14,15). The van der Waals surface area contributed by atoms with Crippen LogP contribution in [0.3, 0.4) is 0 Å². The number of aromatic nitrogens is 2. The summed E-state index contributed by atoms with van der Waals surface area (Å²) in [6, 6.07) is 5.27. The Kier molecular flexibility index (Phi) is 3.61. The van der Waals surface area contributed by atoms with E-state index in [4.69, 9.17) is 10.5 Å². The summed E-state index contributed by atoms with van der Waals surface area (Å²) in [7, 11) is 0. The minimum Gasteiger partial charge on any atom is -0.433 e. The molecule has 0 saturated carbocycles. The molecule has 0 fully saturated rings. The highest BCUT2D eigenvalue weighted by atomic mass is 79.9. The van der Waals surface area contributed by atoms with Gasteiger partial charge in [0.25, 0.3) is 0 Å². The molecule has 0 saturated heterocycles. The summed E-state index contributed by atoms with van der Waals surface area (Å²) in [5.41, 5.74) is 5.88. The molecule has 1 aromatic heterocycles. The third-order valence-electron chi connectivity index (χ3n) is 2.29. The molecule has 0 radical (unpaired) electrons. The van der Waals surface area contributed by atoms with E-state index in [2.05, 4.69) is 25.9 Å². The smallest absolute Gasteiger partial charge is 0.349 e. The summed E-state index contributed by atoms with van der Waals surface area (Å²) in [4.78, 5) is 17.6. The summed E-state index contributed by atoms with van der Waals surface area (Å²) < 4.78 is 6.33. The van der Waals surface area contributed by atoms with Gasteiger partial charge in [-0.1, -0.05) is 15.9 Å². The van der Waals surface area contributed by atoms with Crippen LogP contribution in [0.15, 0.2) is 28.9 Å². The monoisotopic (exact) mass is 324 g/mol. The van der Waals surface area contributed by atoms with Crippen LogP contribution in [0.1, 0.15) is 5.56 Å². The fourth-order valence-electron chi connectivity index (χ4n) is 1.40. The third kappa shape index (κ3) is 2.97. The molecule has 2 aromatic rings. The Morgan fingerprint density at radius 3 is 2.84 bits per heavy atom. The second-order valence-corrected chi connectivity index (χ2v) is 4.60. The normalized spacial score (nSPS) is 10.2. The average molecular weight is 325 g/mol. The molecule has 0 aliphatic rings. The summed E-state index contributed by atoms with van der Waals surface area (Å²) in [5.74, 6) is 0.197. The lowest BCUT2D eigenvalue weighted by Crippen LogP contribution is -2.01. The van der Waals surface area contributed by atoms with E-state index in [0.717, 1.165) is 16.2 Å². The lowest BCUT2D eigenvalue weighted by atomic mass is 10.2. The number of ether oxygens (including phenoxy) is 1. The van der Waals surface area contributed by atoms with Crippen LogP contribution >= 0.6 is 15.9 Å². The van der Waals surface area contributed by atoms with Gasteiger partial charge < -0.3 is 10.5 Å². The predicted octanol–water partition coefficient (Wildman–Crippen LogP) is 2.83. The molecule has 0 atom stereocenters. The van der Waals surface area contributed by atoms with Crippen molar-refractivity contribution >= 4 is 27.6 Å². The Bertz CT molecular complexity index is 648. The molecule has 1 aromatic carbocycles. The van der Waals surface area contributed by atoms with Crippen LogP contribution in [0.2, 0.25) is 0 Å². The SMILES string of the molecule is Cc1cc(Br)ccc1Oc1nc(N)ncc1[N+](=O)[O-]. The Hall–Kier alpha value is -2.22. The summed E-state index contributed by atoms with van der Waals surface area (Å²) >= 11 is 3.32. The first kappa shape index (κ1) is 13.2. The summed E-state index contributed by atoms with van der Waals surface area (Å²) in [6.07, 6.45) is 1.02. The maximum absolute atomic E-state index is 10.9. The van der Waals surface area contributed by atoms with Gasteiger partial charge in [0.15, 0.2) is 0 Å². The van der Waals surface area contributed by atoms with Crippen molar-refractivity contribution in [2.24, 2.45) is 0 Å². The van der Waals surface area contributed by atoms with Gasteiger partial charge in [-0.2, -0.15) is 4.98 Å². The van der Waals surface area contributed by atoms with E-state index in [9.17, 15) is 10.1 Å². The number of benzene rings is 1. The van der Waals surface area contributed by atoms with Crippen molar-refractivity contribution in [3.8, 4) is 11.6 Å². The van der Waals surface area contributed by atoms with Gasteiger partial charge >= 0.3 is 11.6 Å². The highest BCUT2D eigenvalue weighted by molar-refractivity contribution is 9.10. The number of rotatable bonds is 3. The first-order valence-electron chi connectivity index (χ1n) is 5.18. The maximum Gasteiger partial charge on any atom is 0.349 e. The second-order valence-electron chi connectivity index (χ2n) is 3.69. The molecule has 0 aliphatic carbocycles. The number of aryl methyl sites for hydroxylation is 1. The number of hydrogen-bond donors (Lipinski definition) is 1. The molecule has 0 amide bonds. The molecule has 0 aliphatic heterocycles. The van der Waals surface area contributed by atoms with E-state index in [1.165, 1.54) is 0 Å². The Morgan fingerprint density at radius 2 is 2.21 bits per heavy atom. The number of nitrogens with two attached hydrogens (primary N) is 1. The zero-order valence-corrected chi connectivity index (χ0v) is 11.4. The van der Waals surface area contributed by atoms with E-state index in [-0.39, 0.29) is 17.5 Å². The van der Waals surface area contributed by atoms with Gasteiger partial charge in [-0.25, -0.2) is 4.98 Å². The lowest BCUT2D eigenvalue weighted by Gasteiger charge is -2.08. The van der Waals surface area contributed by atoms with Crippen LogP contribution < -0.4 is 10.5 Å². The fraction of sp³-hybridized carbons (Fsp3) is 0.0909. The van der Waals surface area contributed by atoms with Crippen LogP contribution in [0, 0.1) is 17.0 Å². The van der Waals surface area contributed by atoms with E-state index >= 15 is 0 Å². The van der Waals surface area contributed by atoms with E-state index < -0.39 is 4.92 Å². The first-order valence-corrected chi connectivity index (χ1v) is 5.97. The highest BCUT2D eigenvalue weighted by Gasteiger charge is 2.19. The number of anilines is 1. The van der Waals surface area contributed by atoms with Gasteiger partial charge in [-0.15, -0.1) is 0 Å². The molecule has 19 heavy (non-hydrogen) atoms. The number of hydrogen-bond acceptors (Lipinski definition) is 6. The number of halogens is 1. The van der Waals surface area contributed by atoms with E-state index in [0.29, 0.717) is 5.75 Å². The molecule has 1 heterocycles. The van der Waals surface area contributed by atoms with Crippen molar-refractivity contribution in [1.29, 1.82) is 0 Å². The number of nitro groups is 1. The number of nitrogen functional groups attached to an aromatic ring is 1. The van der Waals surface area contributed by atoms with Crippen molar-refractivity contribution in [2.45, 2.75) is 6.92 Å². The van der Waals surface area contributed by atoms with Crippen molar-refractivity contribution < 1.29 is 9.66 Å². The van der Waals surface area contributed by atoms with Crippen LogP contribution in [0.4, 0.5) is 11.6 Å². The average Bonchev–Trinajstić information content (AvgIpc) is 2.32. The quantitative estimate of drug-likeness (QED) is 0.687. The van der Waals surface area contributed by atoms with Crippen LogP contribution in [0.25, 0.3) is 0 Å². The first-order chi connectivity index (χ1) is 8.97. The maximum atomic E-state index is 10.9. The molecular formula is C11H9BrN4O3. The molecule has 2 rings (SSSR count). The summed E-state index contributed by atoms with van der Waals surface area (Å²) in [5, 5.41) is 10.9. The highest BCUT2D eigenvalue weighted by Crippen LogP contribution is 2.31. The molecule has 7 nitrogen and oxygen atoms in total. The van der Waals surface area contributed by atoms with Gasteiger partial charge in [-0.05, 0) is 30.7 Å². The van der Waals surface area contributed by atoms with Crippen molar-refractivity contribution in [1.82, 2.24) is 9.97 Å². The topological polar surface area (TPSA) is 104 Å². The Balaban J connectivity index is 2.42. The molecule has 2 N–H and O–H groups in total. The van der Waals surface area contributed by atoms with Crippen LogP contribution in [-0.4, -0.2) is 14.9 Å². The van der Waals surface area contributed by atoms with Gasteiger partial charge in [0.05, 0.1) is 4.92 Å². The van der Waals surface area contributed by atoms with Gasteiger partial charge in [0.1, 0.15) is 11.9 Å². The largest absolute Gasteiger partial charge is 0.433 e. The molecule has 0 unspecified atom stereocenters. The second kappa shape index (κ2) is 5.19. The van der Waals surface area contributed by atoms with Gasteiger partial charge in [-0.3, -0.25) is 10.1 Å². The fourth-order valence-corrected chi connectivity index (χ4v) is 1.88. The molecule has 98 valence electrons. The van der Waals surface area contributed by atoms with Gasteiger partial charge in [0, 0.05) is 4.47 Å². The Morgan fingerprint density at radius 1 is 1.47 bits per heavy atom. The van der Waals surface area contributed by atoms with Crippen molar-refractivity contribution in [3.63, 3.8) is 0 Å². The molecule has 0 spiro atoms. The van der Waals surface area contributed by atoms with E-state index in [1.807, 2.05) is 13.0 Å². The van der Waals surface area contributed by atoms with Crippen LogP contribution in [0.5, 0.6) is 11.6 Å². The third-order valence-corrected chi connectivity index (χ3v) is 2.79. The predicted molar refractivity (Wildman–Crippen MR) is 72.1 cm³/mol. The lowest BCUT2D eigenvalue weighted by molar-refractivity contribution is -0.386. The molecular weight excluding hydrogens is 316 g/mol. The van der Waals surface area contributed by atoms with Crippen LogP contribution in [-0.2, 0) is 0 Å². The van der Waals surface area contributed by atoms with Crippen molar-refractivity contribution in [3.05, 3.63) is 44.5 Å². The van der Waals surface area contributed by atoms with E-state index in [1.54, 1.807) is 12.1 Å². The zero-order chi connectivity index (χ0) is 14.0. The van der Waals surface area contributed by atoms with Gasteiger partial charge in [0.2, 0.25) is 5.95 Å². The minimum absolute atomic E-state index is 0.0876. The molecule has 0 bridgehead atoms. The zero-order valence-electron chi connectivity index (χ0n) is 9.83. The summed E-state index contributed by atoms with van der Waals surface area (Å²) in [6.45, 7) is 1.82. The van der Waals surface area contributed by atoms with Crippen molar-refractivity contribution in [2.75, 3.05) is 5.73 Å². The Labute approximate surface area is 116 Å². The molecule has 8 heteroatoms. The number of nitrogens with zero attached hydrogens (tertiary/aromatic N) is 3. The minimum atomic E-state index is -0.622.